The van der Waals surface area contributed by atoms with E-state index in [9.17, 15) is 4.79 Å². The van der Waals surface area contributed by atoms with E-state index in [0.29, 0.717) is 6.04 Å². The van der Waals surface area contributed by atoms with Gasteiger partial charge in [-0.3, -0.25) is 4.79 Å². The molecule has 1 amide bonds. The Balaban J connectivity index is 2.06. The van der Waals surface area contributed by atoms with Crippen molar-refractivity contribution in [1.29, 1.82) is 0 Å². The second kappa shape index (κ2) is 7.16. The van der Waals surface area contributed by atoms with E-state index in [1.54, 1.807) is 0 Å². The van der Waals surface area contributed by atoms with Crippen molar-refractivity contribution in [3.8, 4) is 0 Å². The van der Waals surface area contributed by atoms with Crippen molar-refractivity contribution in [2.45, 2.75) is 57.9 Å². The lowest BCUT2D eigenvalue weighted by Crippen LogP contribution is -2.33. The van der Waals surface area contributed by atoms with E-state index in [0.717, 1.165) is 12.2 Å². The molecule has 1 aliphatic carbocycles. The number of carbonyl (C=O) groups is 1. The molecule has 0 aromatic carbocycles. The molecule has 1 rings (SSSR count). The van der Waals surface area contributed by atoms with Crippen molar-refractivity contribution in [3.05, 3.63) is 0 Å². The van der Waals surface area contributed by atoms with Gasteiger partial charge in [-0.15, -0.1) is 0 Å². The summed E-state index contributed by atoms with van der Waals surface area (Å²) in [6.07, 6.45) is 8.58. The van der Waals surface area contributed by atoms with Gasteiger partial charge in [-0.05, 0) is 19.3 Å². The minimum Gasteiger partial charge on any atom is -0.344 e. The van der Waals surface area contributed by atoms with Crippen LogP contribution in [0.25, 0.3) is 0 Å². The van der Waals surface area contributed by atoms with Crippen LogP contribution in [-0.4, -0.2) is 17.0 Å². The monoisotopic (exact) mass is 215 g/mol. The average molecular weight is 215 g/mol. The molecule has 0 aliphatic heterocycles. The summed E-state index contributed by atoms with van der Waals surface area (Å²) in [5, 5.41) is 3.29. The van der Waals surface area contributed by atoms with Crippen LogP contribution in [0.15, 0.2) is 0 Å². The number of amides is 1. The number of hydrogen-bond acceptors (Lipinski definition) is 2. The van der Waals surface area contributed by atoms with Crippen LogP contribution < -0.4 is 5.32 Å². The van der Waals surface area contributed by atoms with E-state index in [2.05, 4.69) is 12.2 Å². The fraction of sp³-hybridized carbons (Fsp3) is 0.909. The summed E-state index contributed by atoms with van der Waals surface area (Å²) in [5.41, 5.74) is 0. The Kier molecular flexibility index (Phi) is 6.08. The van der Waals surface area contributed by atoms with Crippen LogP contribution in [-0.2, 0) is 0 Å². The highest BCUT2D eigenvalue weighted by atomic mass is 32.2. The molecule has 0 aromatic heterocycles. The lowest BCUT2D eigenvalue weighted by Gasteiger charge is -2.22. The van der Waals surface area contributed by atoms with E-state index < -0.39 is 0 Å². The molecule has 0 unspecified atom stereocenters. The third-order valence-electron chi connectivity index (χ3n) is 2.66. The standard InChI is InChI=1S/C11H21NOS/c1-2-3-9-14-11(13)12-10-7-5-4-6-8-10/h10H,2-9H2,1H3,(H,12,13). The van der Waals surface area contributed by atoms with Gasteiger partial charge in [0.05, 0.1) is 0 Å². The van der Waals surface area contributed by atoms with Gasteiger partial charge in [0.2, 0.25) is 0 Å². The van der Waals surface area contributed by atoms with Gasteiger partial charge in [-0.25, -0.2) is 0 Å². The first-order valence-electron chi connectivity index (χ1n) is 5.76. The van der Waals surface area contributed by atoms with Crippen molar-refractivity contribution in [1.82, 2.24) is 5.32 Å². The second-order valence-corrected chi connectivity index (χ2v) is 5.04. The maximum absolute atomic E-state index is 11.4. The zero-order chi connectivity index (χ0) is 10.2. The maximum atomic E-state index is 11.4. The molecular formula is C11H21NOS. The normalized spacial score (nSPS) is 18.1. The summed E-state index contributed by atoms with van der Waals surface area (Å²) in [6, 6.07) is 0.463. The third kappa shape index (κ3) is 4.89. The van der Waals surface area contributed by atoms with Gasteiger partial charge in [0, 0.05) is 11.8 Å². The van der Waals surface area contributed by atoms with E-state index in [-0.39, 0.29) is 5.24 Å². The van der Waals surface area contributed by atoms with Crippen LogP contribution in [0.1, 0.15) is 51.9 Å². The van der Waals surface area contributed by atoms with Crippen molar-refractivity contribution in [2.24, 2.45) is 0 Å². The molecule has 0 bridgehead atoms. The molecular weight excluding hydrogens is 194 g/mol. The first-order chi connectivity index (χ1) is 6.83. The molecule has 0 spiro atoms. The fourth-order valence-electron chi connectivity index (χ4n) is 1.76. The largest absolute Gasteiger partial charge is 0.344 e. The smallest absolute Gasteiger partial charge is 0.279 e. The Bertz CT molecular complexity index is 167. The van der Waals surface area contributed by atoms with Crippen LogP contribution in [0.3, 0.4) is 0 Å². The minimum absolute atomic E-state index is 0.186. The summed E-state index contributed by atoms with van der Waals surface area (Å²) in [5.74, 6) is 0.967. The summed E-state index contributed by atoms with van der Waals surface area (Å²) in [4.78, 5) is 11.4. The predicted molar refractivity (Wildman–Crippen MR) is 62.8 cm³/mol. The molecule has 2 nitrogen and oxygen atoms in total. The Labute approximate surface area is 91.2 Å². The van der Waals surface area contributed by atoms with Crippen molar-refractivity contribution < 1.29 is 4.79 Å². The highest BCUT2D eigenvalue weighted by Gasteiger charge is 2.15. The Morgan fingerprint density at radius 2 is 2.07 bits per heavy atom. The molecule has 0 aromatic rings. The van der Waals surface area contributed by atoms with E-state index in [4.69, 9.17) is 0 Å². The van der Waals surface area contributed by atoms with Gasteiger partial charge >= 0.3 is 0 Å². The number of hydrogen-bond donors (Lipinski definition) is 1. The molecule has 3 heteroatoms. The SMILES string of the molecule is CCCCSC(=O)NC1CCCCC1. The number of nitrogens with one attached hydrogen (secondary N) is 1. The fourth-order valence-corrected chi connectivity index (χ4v) is 2.63. The third-order valence-corrected chi connectivity index (χ3v) is 3.53. The van der Waals surface area contributed by atoms with Crippen LogP contribution in [0.2, 0.25) is 0 Å². The minimum atomic E-state index is 0.186. The van der Waals surface area contributed by atoms with Gasteiger partial charge < -0.3 is 5.32 Å². The molecule has 1 aliphatic rings. The molecule has 82 valence electrons. The first-order valence-corrected chi connectivity index (χ1v) is 6.74. The number of carbonyl (C=O) groups excluding carboxylic acids is 1. The topological polar surface area (TPSA) is 29.1 Å². The number of rotatable bonds is 4. The molecule has 0 saturated heterocycles. The molecule has 0 heterocycles. The Morgan fingerprint density at radius 1 is 1.36 bits per heavy atom. The maximum Gasteiger partial charge on any atom is 0.279 e. The van der Waals surface area contributed by atoms with Gasteiger partial charge in [0.25, 0.3) is 5.24 Å². The molecule has 1 N–H and O–H groups in total. The Morgan fingerprint density at radius 3 is 2.71 bits per heavy atom. The average Bonchev–Trinajstić information content (AvgIpc) is 2.20. The summed E-state index contributed by atoms with van der Waals surface area (Å²) >= 11 is 1.44. The lowest BCUT2D eigenvalue weighted by molar-refractivity contribution is 0.253. The lowest BCUT2D eigenvalue weighted by atomic mass is 9.96. The molecule has 1 saturated carbocycles. The van der Waals surface area contributed by atoms with Gasteiger partial charge in [0.15, 0.2) is 0 Å². The van der Waals surface area contributed by atoms with Gasteiger partial charge in [-0.2, -0.15) is 0 Å². The van der Waals surface area contributed by atoms with Crippen molar-refractivity contribution in [3.63, 3.8) is 0 Å². The van der Waals surface area contributed by atoms with Gasteiger partial charge in [-0.1, -0.05) is 44.4 Å². The van der Waals surface area contributed by atoms with Crippen LogP contribution >= 0.6 is 11.8 Å². The van der Waals surface area contributed by atoms with E-state index in [1.807, 2.05) is 0 Å². The number of unbranched alkanes of at least 4 members (excludes halogenated alkanes) is 1. The zero-order valence-electron chi connectivity index (χ0n) is 9.05. The summed E-state index contributed by atoms with van der Waals surface area (Å²) < 4.78 is 0. The molecule has 0 radical (unpaired) electrons. The Hall–Kier alpha value is -0.180. The highest BCUT2D eigenvalue weighted by Crippen LogP contribution is 2.18. The second-order valence-electron chi connectivity index (χ2n) is 3.97. The zero-order valence-corrected chi connectivity index (χ0v) is 9.87. The van der Waals surface area contributed by atoms with Gasteiger partial charge in [0.1, 0.15) is 0 Å². The van der Waals surface area contributed by atoms with E-state index >= 15 is 0 Å². The molecule has 1 fully saturated rings. The summed E-state index contributed by atoms with van der Waals surface area (Å²) in [7, 11) is 0. The van der Waals surface area contributed by atoms with Crippen LogP contribution in [0.4, 0.5) is 4.79 Å². The van der Waals surface area contributed by atoms with Crippen LogP contribution in [0.5, 0.6) is 0 Å². The first kappa shape index (κ1) is 11.9. The van der Waals surface area contributed by atoms with Crippen molar-refractivity contribution in [2.75, 3.05) is 5.75 Å². The molecule has 14 heavy (non-hydrogen) atoms. The molecule has 0 atom stereocenters. The quantitative estimate of drug-likeness (QED) is 0.726. The van der Waals surface area contributed by atoms with Crippen molar-refractivity contribution >= 4 is 17.0 Å². The van der Waals surface area contributed by atoms with E-state index in [1.165, 1.54) is 50.3 Å². The number of thioether (sulfide) groups is 1. The predicted octanol–water partition coefficient (Wildman–Crippen LogP) is 3.56. The highest BCUT2D eigenvalue weighted by molar-refractivity contribution is 8.13. The van der Waals surface area contributed by atoms with Crippen LogP contribution in [0, 0.1) is 0 Å². The summed E-state index contributed by atoms with van der Waals surface area (Å²) in [6.45, 7) is 2.15.